The molecule has 3 rings (SSSR count). The number of para-hydroxylation sites is 1. The molecule has 0 heterocycles. The molecule has 3 aromatic carbocycles. The molecule has 32 heavy (non-hydrogen) atoms. The topological polar surface area (TPSA) is 85.9 Å². The predicted molar refractivity (Wildman–Crippen MR) is 122 cm³/mol. The van der Waals surface area contributed by atoms with E-state index < -0.39 is 11.8 Å². The third-order valence-corrected chi connectivity index (χ3v) is 4.43. The molecule has 0 saturated carbocycles. The monoisotopic (exact) mass is 434 g/mol. The number of benzene rings is 3. The molecule has 166 valence electrons. The molecule has 0 aliphatic rings. The molecule has 7 nitrogen and oxygen atoms in total. The van der Waals surface area contributed by atoms with Crippen LogP contribution in [0, 0.1) is 0 Å². The number of nitrogens with one attached hydrogen (secondary N) is 2. The minimum atomic E-state index is -0.493. The molecule has 0 aliphatic heterocycles. The van der Waals surface area contributed by atoms with Crippen molar-refractivity contribution < 1.29 is 23.8 Å². The highest BCUT2D eigenvalue weighted by molar-refractivity contribution is 5.96. The van der Waals surface area contributed by atoms with Gasteiger partial charge in [0.25, 0.3) is 11.8 Å². The van der Waals surface area contributed by atoms with E-state index in [2.05, 4.69) is 10.9 Å². The molecular weight excluding hydrogens is 408 g/mol. The Kier molecular flexibility index (Phi) is 7.70. The van der Waals surface area contributed by atoms with E-state index in [1.807, 2.05) is 62.4 Å². The van der Waals surface area contributed by atoms with Gasteiger partial charge in [-0.15, -0.1) is 0 Å². The van der Waals surface area contributed by atoms with Gasteiger partial charge < -0.3 is 14.2 Å². The number of methoxy groups -OCH3 is 1. The minimum absolute atomic E-state index is 0.0325. The zero-order chi connectivity index (χ0) is 22.9. The summed E-state index contributed by atoms with van der Waals surface area (Å²) in [5.41, 5.74) is 6.91. The van der Waals surface area contributed by atoms with Crippen molar-refractivity contribution in [3.8, 4) is 28.4 Å². The first kappa shape index (κ1) is 22.7. The van der Waals surface area contributed by atoms with Gasteiger partial charge in [-0.1, -0.05) is 48.5 Å². The van der Waals surface area contributed by atoms with Gasteiger partial charge in [0.15, 0.2) is 18.1 Å². The number of hydrogen-bond acceptors (Lipinski definition) is 5. The Balaban J connectivity index is 1.56. The van der Waals surface area contributed by atoms with E-state index in [0.29, 0.717) is 22.8 Å². The summed E-state index contributed by atoms with van der Waals surface area (Å²) in [5, 5.41) is 0. The molecule has 0 radical (unpaired) electrons. The van der Waals surface area contributed by atoms with Crippen LogP contribution >= 0.6 is 0 Å². The second-order valence-corrected chi connectivity index (χ2v) is 7.19. The van der Waals surface area contributed by atoms with E-state index in [0.717, 1.165) is 11.1 Å². The van der Waals surface area contributed by atoms with Crippen LogP contribution < -0.4 is 25.1 Å². The second-order valence-electron chi connectivity index (χ2n) is 7.19. The largest absolute Gasteiger partial charge is 0.493 e. The van der Waals surface area contributed by atoms with Crippen LogP contribution in [-0.4, -0.2) is 31.6 Å². The molecular formula is C25H26N2O5. The van der Waals surface area contributed by atoms with Gasteiger partial charge >= 0.3 is 0 Å². The van der Waals surface area contributed by atoms with Crippen LogP contribution in [0.25, 0.3) is 11.1 Å². The van der Waals surface area contributed by atoms with Crippen LogP contribution in [0.3, 0.4) is 0 Å². The number of hydrazine groups is 1. The van der Waals surface area contributed by atoms with E-state index in [9.17, 15) is 9.59 Å². The summed E-state index contributed by atoms with van der Waals surface area (Å²) < 4.78 is 16.6. The molecule has 3 aromatic rings. The first-order chi connectivity index (χ1) is 15.5. The number of rotatable bonds is 8. The van der Waals surface area contributed by atoms with Gasteiger partial charge in [0.05, 0.1) is 13.2 Å². The summed E-state index contributed by atoms with van der Waals surface area (Å²) in [6.45, 7) is 3.54. The molecule has 0 saturated heterocycles. The fourth-order valence-electron chi connectivity index (χ4n) is 2.99. The first-order valence-electron chi connectivity index (χ1n) is 10.2. The highest BCUT2D eigenvalue weighted by Gasteiger charge is 2.14. The van der Waals surface area contributed by atoms with E-state index in [-0.39, 0.29) is 12.7 Å². The fraction of sp³-hybridized carbons (Fsp3) is 0.200. The Morgan fingerprint density at radius 2 is 1.56 bits per heavy atom. The van der Waals surface area contributed by atoms with Crippen molar-refractivity contribution >= 4 is 11.8 Å². The Labute approximate surface area is 187 Å². The highest BCUT2D eigenvalue weighted by atomic mass is 16.5. The van der Waals surface area contributed by atoms with Crippen molar-refractivity contribution in [2.45, 2.75) is 20.0 Å². The van der Waals surface area contributed by atoms with Crippen LogP contribution in [0.1, 0.15) is 24.2 Å². The third-order valence-electron chi connectivity index (χ3n) is 4.43. The van der Waals surface area contributed by atoms with Crippen molar-refractivity contribution in [3.63, 3.8) is 0 Å². The molecule has 0 aliphatic carbocycles. The average Bonchev–Trinajstić information content (AvgIpc) is 2.81. The van der Waals surface area contributed by atoms with Gasteiger partial charge in [-0.25, -0.2) is 0 Å². The molecule has 7 heteroatoms. The summed E-state index contributed by atoms with van der Waals surface area (Å²) >= 11 is 0. The Hall–Kier alpha value is -4.00. The van der Waals surface area contributed by atoms with Crippen LogP contribution in [0.5, 0.6) is 17.2 Å². The lowest BCUT2D eigenvalue weighted by atomic mass is 10.1. The van der Waals surface area contributed by atoms with Crippen LogP contribution in [0.2, 0.25) is 0 Å². The molecule has 0 aromatic heterocycles. The zero-order valence-electron chi connectivity index (χ0n) is 18.3. The maximum Gasteiger partial charge on any atom is 0.276 e. The van der Waals surface area contributed by atoms with E-state index in [1.54, 1.807) is 24.3 Å². The van der Waals surface area contributed by atoms with Crippen molar-refractivity contribution in [3.05, 3.63) is 78.4 Å². The van der Waals surface area contributed by atoms with E-state index >= 15 is 0 Å². The second kappa shape index (κ2) is 10.9. The molecule has 2 N–H and O–H groups in total. The number of hydrogen-bond donors (Lipinski definition) is 2. The van der Waals surface area contributed by atoms with Gasteiger partial charge in [-0.2, -0.15) is 0 Å². The smallest absolute Gasteiger partial charge is 0.276 e. The number of ether oxygens (including phenoxy) is 3. The van der Waals surface area contributed by atoms with E-state index in [1.165, 1.54) is 7.11 Å². The summed E-state index contributed by atoms with van der Waals surface area (Å²) in [7, 11) is 1.50. The zero-order valence-corrected chi connectivity index (χ0v) is 18.3. The van der Waals surface area contributed by atoms with Gasteiger partial charge in [-0.3, -0.25) is 20.4 Å². The normalized spacial score (nSPS) is 10.4. The number of amides is 2. The average molecular weight is 434 g/mol. The summed E-state index contributed by atoms with van der Waals surface area (Å²) in [6, 6.07) is 22.0. The van der Waals surface area contributed by atoms with Gasteiger partial charge in [0.2, 0.25) is 0 Å². The SMILES string of the molecule is COc1cc(C(=O)NNC(=O)COc2ccccc2-c2ccccc2)ccc1OC(C)C. The Morgan fingerprint density at radius 1 is 0.844 bits per heavy atom. The van der Waals surface area contributed by atoms with Gasteiger partial charge in [-0.05, 0) is 43.7 Å². The maximum atomic E-state index is 12.4. The summed E-state index contributed by atoms with van der Waals surface area (Å²) in [6.07, 6.45) is -0.0325. The van der Waals surface area contributed by atoms with Crippen LogP contribution in [0.4, 0.5) is 0 Å². The van der Waals surface area contributed by atoms with Gasteiger partial charge in [0, 0.05) is 11.1 Å². The molecule has 0 bridgehead atoms. The lowest BCUT2D eigenvalue weighted by Gasteiger charge is -2.15. The van der Waals surface area contributed by atoms with Crippen molar-refractivity contribution in [2.24, 2.45) is 0 Å². The lowest BCUT2D eigenvalue weighted by molar-refractivity contribution is -0.123. The van der Waals surface area contributed by atoms with Crippen molar-refractivity contribution in [2.75, 3.05) is 13.7 Å². The first-order valence-corrected chi connectivity index (χ1v) is 10.2. The minimum Gasteiger partial charge on any atom is -0.493 e. The number of carbonyl (C=O) groups excluding carboxylic acids is 2. The fourth-order valence-corrected chi connectivity index (χ4v) is 2.99. The quantitative estimate of drug-likeness (QED) is 0.524. The molecule has 0 fully saturated rings. The summed E-state index contributed by atoms with van der Waals surface area (Å²) in [5.74, 6) is 0.558. The maximum absolute atomic E-state index is 12.4. The highest BCUT2D eigenvalue weighted by Crippen LogP contribution is 2.30. The van der Waals surface area contributed by atoms with Gasteiger partial charge in [0.1, 0.15) is 5.75 Å². The Bertz CT molecular complexity index is 1070. The summed E-state index contributed by atoms with van der Waals surface area (Å²) in [4.78, 5) is 24.6. The molecule has 0 atom stereocenters. The lowest BCUT2D eigenvalue weighted by Crippen LogP contribution is -2.43. The number of carbonyl (C=O) groups is 2. The van der Waals surface area contributed by atoms with Crippen molar-refractivity contribution in [1.82, 2.24) is 10.9 Å². The van der Waals surface area contributed by atoms with Crippen LogP contribution in [-0.2, 0) is 4.79 Å². The van der Waals surface area contributed by atoms with Crippen molar-refractivity contribution in [1.29, 1.82) is 0 Å². The standard InChI is InChI=1S/C25H26N2O5/c1-17(2)32-22-14-13-19(15-23(22)30-3)25(29)27-26-24(28)16-31-21-12-8-7-11-20(21)18-9-5-4-6-10-18/h4-15,17H,16H2,1-3H3,(H,26,28)(H,27,29). The molecule has 0 spiro atoms. The molecule has 0 unspecified atom stereocenters. The van der Waals surface area contributed by atoms with E-state index in [4.69, 9.17) is 14.2 Å². The molecule has 2 amide bonds. The van der Waals surface area contributed by atoms with Crippen LogP contribution in [0.15, 0.2) is 72.8 Å². The Morgan fingerprint density at radius 3 is 2.28 bits per heavy atom. The third kappa shape index (κ3) is 6.01. The predicted octanol–water partition coefficient (Wildman–Crippen LogP) is 3.99.